The maximum absolute atomic E-state index is 10.8. The van der Waals surface area contributed by atoms with Gasteiger partial charge in [0.1, 0.15) is 0 Å². The Morgan fingerprint density at radius 1 is 1.65 bits per heavy atom. The first-order valence-corrected chi connectivity index (χ1v) is 5.50. The number of hydrogen-bond acceptors (Lipinski definition) is 5. The number of nitro groups is 1. The molecule has 1 amide bonds. The van der Waals surface area contributed by atoms with Crippen molar-refractivity contribution >= 4 is 28.1 Å². The van der Waals surface area contributed by atoms with Crippen molar-refractivity contribution in [3.05, 3.63) is 27.8 Å². The number of aromatic amines is 1. The molecule has 17 heavy (non-hydrogen) atoms. The highest BCUT2D eigenvalue weighted by molar-refractivity contribution is 7.14. The third kappa shape index (κ3) is 2.48. The van der Waals surface area contributed by atoms with Gasteiger partial charge in [-0.05, 0) is 0 Å². The molecule has 0 saturated heterocycles. The molecule has 2 aromatic rings. The number of H-pyrrole nitrogens is 1. The molecule has 2 N–H and O–H groups in total. The molecule has 0 aromatic carbocycles. The molecule has 2 rings (SSSR count). The Balaban J connectivity index is 2.24. The van der Waals surface area contributed by atoms with E-state index in [0.29, 0.717) is 16.5 Å². The second-order valence-corrected chi connectivity index (χ2v) is 4.11. The van der Waals surface area contributed by atoms with Crippen molar-refractivity contribution in [2.75, 3.05) is 5.32 Å². The molecule has 7 nitrogen and oxygen atoms in total. The van der Waals surface area contributed by atoms with Crippen LogP contribution in [0.1, 0.15) is 6.92 Å². The number of aromatic nitrogens is 2. The predicted molar refractivity (Wildman–Crippen MR) is 62.9 cm³/mol. The number of nitrogens with one attached hydrogen (secondary N) is 2. The molecule has 88 valence electrons. The average Bonchev–Trinajstić information content (AvgIpc) is 2.83. The van der Waals surface area contributed by atoms with Gasteiger partial charge in [-0.25, -0.2) is 4.98 Å². The maximum Gasteiger partial charge on any atom is 0.287 e. The van der Waals surface area contributed by atoms with Gasteiger partial charge in [-0.2, -0.15) is 0 Å². The van der Waals surface area contributed by atoms with Crippen LogP contribution in [0.25, 0.3) is 11.4 Å². The average molecular weight is 252 g/mol. The summed E-state index contributed by atoms with van der Waals surface area (Å²) >= 11 is 1.26. The van der Waals surface area contributed by atoms with E-state index in [2.05, 4.69) is 15.3 Å². The van der Waals surface area contributed by atoms with E-state index in [1.807, 2.05) is 0 Å². The van der Waals surface area contributed by atoms with E-state index in [1.165, 1.54) is 30.5 Å². The van der Waals surface area contributed by atoms with Gasteiger partial charge < -0.3 is 10.3 Å². The van der Waals surface area contributed by atoms with E-state index in [0.717, 1.165) is 0 Å². The number of carbonyl (C=O) groups excluding carboxylic acids is 1. The molecule has 0 radical (unpaired) electrons. The Labute approximate surface area is 99.7 Å². The van der Waals surface area contributed by atoms with E-state index in [1.54, 1.807) is 5.38 Å². The smallest absolute Gasteiger partial charge is 0.287 e. The molecule has 0 atom stereocenters. The molecule has 0 unspecified atom stereocenters. The normalized spacial score (nSPS) is 10.2. The van der Waals surface area contributed by atoms with Gasteiger partial charge in [-0.3, -0.25) is 14.9 Å². The number of rotatable bonds is 3. The fraction of sp³-hybridized carbons (Fsp3) is 0.111. The first-order chi connectivity index (χ1) is 8.06. The highest BCUT2D eigenvalue weighted by Gasteiger charge is 2.12. The van der Waals surface area contributed by atoms with Gasteiger partial charge in [0.15, 0.2) is 5.13 Å². The molecule has 2 aromatic heterocycles. The van der Waals surface area contributed by atoms with Crippen molar-refractivity contribution in [1.29, 1.82) is 0 Å². The van der Waals surface area contributed by atoms with Gasteiger partial charge in [0.05, 0.1) is 22.5 Å². The van der Waals surface area contributed by atoms with Crippen LogP contribution in [0.5, 0.6) is 0 Å². The monoisotopic (exact) mass is 252 g/mol. The maximum atomic E-state index is 10.8. The molecule has 8 heteroatoms. The standard InChI is InChI=1S/C9H8N4O3S/c1-5(14)11-9-12-8(4-17-9)7-2-6(3-10-7)13(15)16/h2-4,10H,1H3,(H,11,12,14). The number of thiazole rings is 1. The van der Waals surface area contributed by atoms with Crippen LogP contribution in [0.2, 0.25) is 0 Å². The molecule has 0 aliphatic carbocycles. The van der Waals surface area contributed by atoms with Gasteiger partial charge in [0.2, 0.25) is 5.91 Å². The second kappa shape index (κ2) is 4.34. The minimum Gasteiger partial charge on any atom is -0.354 e. The van der Waals surface area contributed by atoms with Crippen molar-refractivity contribution in [2.24, 2.45) is 0 Å². The Hall–Kier alpha value is -2.22. The quantitative estimate of drug-likeness (QED) is 0.644. The van der Waals surface area contributed by atoms with E-state index >= 15 is 0 Å². The predicted octanol–water partition coefficient (Wildman–Crippen LogP) is 2.00. The van der Waals surface area contributed by atoms with Crippen LogP contribution in [0.4, 0.5) is 10.8 Å². The summed E-state index contributed by atoms with van der Waals surface area (Å²) in [4.78, 5) is 27.7. The van der Waals surface area contributed by atoms with Crippen LogP contribution < -0.4 is 5.32 Å². The largest absolute Gasteiger partial charge is 0.354 e. The molecule has 0 spiro atoms. The number of hydrogen-bond donors (Lipinski definition) is 2. The van der Waals surface area contributed by atoms with Crippen LogP contribution in [-0.4, -0.2) is 20.8 Å². The molecule has 0 fully saturated rings. The Kier molecular flexibility index (Phi) is 2.88. The Morgan fingerprint density at radius 2 is 2.41 bits per heavy atom. The first-order valence-electron chi connectivity index (χ1n) is 4.62. The summed E-state index contributed by atoms with van der Waals surface area (Å²) in [6.45, 7) is 1.39. The van der Waals surface area contributed by atoms with E-state index < -0.39 is 4.92 Å². The van der Waals surface area contributed by atoms with Crippen molar-refractivity contribution in [2.45, 2.75) is 6.92 Å². The summed E-state index contributed by atoms with van der Waals surface area (Å²) in [5.74, 6) is -0.205. The fourth-order valence-electron chi connectivity index (χ4n) is 1.24. The number of amides is 1. The Morgan fingerprint density at radius 3 is 3.00 bits per heavy atom. The lowest BCUT2D eigenvalue weighted by Crippen LogP contribution is -2.04. The minimum absolute atomic E-state index is 0.0194. The van der Waals surface area contributed by atoms with Crippen LogP contribution in [0, 0.1) is 10.1 Å². The summed E-state index contributed by atoms with van der Waals surface area (Å²) in [6.07, 6.45) is 1.30. The number of carbonyl (C=O) groups is 1. The van der Waals surface area contributed by atoms with E-state index in [9.17, 15) is 14.9 Å². The SMILES string of the molecule is CC(=O)Nc1nc(-c2cc([N+](=O)[O-])c[nH]2)cs1. The molecule has 0 bridgehead atoms. The van der Waals surface area contributed by atoms with Gasteiger partial charge in [0, 0.05) is 18.4 Å². The number of nitrogens with zero attached hydrogens (tertiary/aromatic N) is 2. The molecule has 0 saturated carbocycles. The fourth-order valence-corrected chi connectivity index (χ4v) is 2.00. The molecule has 0 aliphatic heterocycles. The summed E-state index contributed by atoms with van der Waals surface area (Å²) in [7, 11) is 0. The molecule has 0 aliphatic rings. The Bertz CT molecular complexity index is 574. The number of anilines is 1. The minimum atomic E-state index is -0.485. The molecular weight excluding hydrogens is 244 g/mol. The van der Waals surface area contributed by atoms with Gasteiger partial charge in [-0.15, -0.1) is 11.3 Å². The summed E-state index contributed by atoms with van der Waals surface area (Å²) in [5.41, 5.74) is 1.09. The zero-order valence-corrected chi connectivity index (χ0v) is 9.58. The molecule has 2 heterocycles. The topological polar surface area (TPSA) is 101 Å². The summed E-state index contributed by atoms with van der Waals surface area (Å²) in [5, 5.41) is 15.2. The van der Waals surface area contributed by atoms with Crippen LogP contribution >= 0.6 is 11.3 Å². The zero-order chi connectivity index (χ0) is 12.4. The van der Waals surface area contributed by atoms with Crippen molar-refractivity contribution in [3.63, 3.8) is 0 Å². The third-order valence-corrected chi connectivity index (χ3v) is 2.70. The highest BCUT2D eigenvalue weighted by Crippen LogP contribution is 2.26. The van der Waals surface area contributed by atoms with Crippen molar-refractivity contribution < 1.29 is 9.72 Å². The zero-order valence-electron chi connectivity index (χ0n) is 8.76. The molecular formula is C9H8N4O3S. The van der Waals surface area contributed by atoms with E-state index in [4.69, 9.17) is 0 Å². The van der Waals surface area contributed by atoms with Gasteiger partial charge >= 0.3 is 0 Å². The van der Waals surface area contributed by atoms with Crippen LogP contribution in [0.15, 0.2) is 17.6 Å². The van der Waals surface area contributed by atoms with Crippen molar-refractivity contribution in [3.8, 4) is 11.4 Å². The highest BCUT2D eigenvalue weighted by atomic mass is 32.1. The lowest BCUT2D eigenvalue weighted by molar-refractivity contribution is -0.384. The van der Waals surface area contributed by atoms with Crippen LogP contribution in [0.3, 0.4) is 0 Å². The lowest BCUT2D eigenvalue weighted by atomic mass is 10.3. The van der Waals surface area contributed by atoms with E-state index in [-0.39, 0.29) is 11.6 Å². The van der Waals surface area contributed by atoms with Gasteiger partial charge in [-0.1, -0.05) is 0 Å². The summed E-state index contributed by atoms with van der Waals surface area (Å²) in [6, 6.07) is 1.40. The first kappa shape index (κ1) is 11.3. The third-order valence-electron chi connectivity index (χ3n) is 1.94. The lowest BCUT2D eigenvalue weighted by Gasteiger charge is -1.93. The van der Waals surface area contributed by atoms with Gasteiger partial charge in [0.25, 0.3) is 5.69 Å². The second-order valence-electron chi connectivity index (χ2n) is 3.25. The van der Waals surface area contributed by atoms with Crippen LogP contribution in [-0.2, 0) is 4.79 Å². The van der Waals surface area contributed by atoms with Crippen molar-refractivity contribution in [1.82, 2.24) is 9.97 Å². The summed E-state index contributed by atoms with van der Waals surface area (Å²) < 4.78 is 0.